The van der Waals surface area contributed by atoms with Crippen LogP contribution in [-0.2, 0) is 9.59 Å². The van der Waals surface area contributed by atoms with Crippen LogP contribution in [0, 0.1) is 0 Å². The van der Waals surface area contributed by atoms with E-state index in [9.17, 15) is 9.59 Å². The maximum atomic E-state index is 12.1. The maximum absolute atomic E-state index is 12.1. The third kappa shape index (κ3) is 4.70. The van der Waals surface area contributed by atoms with Gasteiger partial charge in [-0.3, -0.25) is 9.59 Å². The summed E-state index contributed by atoms with van der Waals surface area (Å²) in [6.45, 7) is 2.85. The van der Waals surface area contributed by atoms with Crippen molar-refractivity contribution in [1.29, 1.82) is 0 Å². The molecule has 1 unspecified atom stereocenters. The smallest absolute Gasteiger partial charge is 0.305 e. The van der Waals surface area contributed by atoms with E-state index < -0.39 is 12.0 Å². The highest BCUT2D eigenvalue weighted by Gasteiger charge is 2.28. The van der Waals surface area contributed by atoms with Crippen LogP contribution in [0.4, 0.5) is 0 Å². The Morgan fingerprint density at radius 2 is 2.29 bits per heavy atom. The van der Waals surface area contributed by atoms with Gasteiger partial charge in [0.15, 0.2) is 0 Å². The number of hydrogen-bond acceptors (Lipinski definition) is 4. The summed E-state index contributed by atoms with van der Waals surface area (Å²) in [5.41, 5.74) is 0. The molecule has 0 spiro atoms. The first-order valence-electron chi connectivity index (χ1n) is 5.89. The van der Waals surface area contributed by atoms with Crippen molar-refractivity contribution in [3.05, 3.63) is 0 Å². The van der Waals surface area contributed by atoms with Gasteiger partial charge in [-0.15, -0.1) is 0 Å². The Labute approximate surface area is 102 Å². The van der Waals surface area contributed by atoms with Crippen molar-refractivity contribution in [3.8, 4) is 0 Å². The SMILES string of the molecule is CN(C)CCN1CCCNC(CC(=O)O)C1=O. The van der Waals surface area contributed by atoms with Crippen LogP contribution in [0.5, 0.6) is 0 Å². The van der Waals surface area contributed by atoms with Gasteiger partial charge in [0.2, 0.25) is 5.91 Å². The van der Waals surface area contributed by atoms with Gasteiger partial charge >= 0.3 is 5.97 Å². The number of amides is 1. The molecule has 2 N–H and O–H groups in total. The molecule has 1 heterocycles. The summed E-state index contributed by atoms with van der Waals surface area (Å²) in [5.74, 6) is -1.03. The van der Waals surface area contributed by atoms with E-state index >= 15 is 0 Å². The van der Waals surface area contributed by atoms with Crippen molar-refractivity contribution in [2.75, 3.05) is 40.3 Å². The molecule has 98 valence electrons. The normalized spacial score (nSPS) is 21.7. The highest BCUT2D eigenvalue weighted by atomic mass is 16.4. The topological polar surface area (TPSA) is 72.9 Å². The summed E-state index contributed by atoms with van der Waals surface area (Å²) in [4.78, 5) is 26.5. The number of hydrogen-bond donors (Lipinski definition) is 2. The zero-order valence-electron chi connectivity index (χ0n) is 10.5. The van der Waals surface area contributed by atoms with E-state index in [2.05, 4.69) is 5.32 Å². The van der Waals surface area contributed by atoms with E-state index in [4.69, 9.17) is 5.11 Å². The number of likely N-dealkylation sites (N-methyl/N-ethyl adjacent to an activating group) is 1. The third-order valence-corrected chi connectivity index (χ3v) is 2.80. The fraction of sp³-hybridized carbons (Fsp3) is 0.818. The van der Waals surface area contributed by atoms with Crippen molar-refractivity contribution >= 4 is 11.9 Å². The van der Waals surface area contributed by atoms with E-state index in [-0.39, 0.29) is 12.3 Å². The van der Waals surface area contributed by atoms with Crippen molar-refractivity contribution < 1.29 is 14.7 Å². The highest BCUT2D eigenvalue weighted by molar-refractivity contribution is 5.86. The molecular weight excluding hydrogens is 222 g/mol. The fourth-order valence-electron chi connectivity index (χ4n) is 1.84. The zero-order chi connectivity index (χ0) is 12.8. The summed E-state index contributed by atoms with van der Waals surface area (Å²) in [6.07, 6.45) is 0.729. The van der Waals surface area contributed by atoms with Crippen LogP contribution in [0.3, 0.4) is 0 Å². The molecule has 0 radical (unpaired) electrons. The first kappa shape index (κ1) is 13.9. The molecule has 0 saturated carbocycles. The van der Waals surface area contributed by atoms with Crippen molar-refractivity contribution in [2.24, 2.45) is 0 Å². The lowest BCUT2D eigenvalue weighted by atomic mass is 10.2. The van der Waals surface area contributed by atoms with Gasteiger partial charge in [0.25, 0.3) is 0 Å². The summed E-state index contributed by atoms with van der Waals surface area (Å²) in [5, 5.41) is 11.8. The predicted octanol–water partition coefficient (Wildman–Crippen LogP) is -0.787. The average Bonchev–Trinajstić information content (AvgIpc) is 2.39. The largest absolute Gasteiger partial charge is 0.481 e. The zero-order valence-corrected chi connectivity index (χ0v) is 10.5. The van der Waals surface area contributed by atoms with Crippen molar-refractivity contribution in [3.63, 3.8) is 0 Å². The lowest BCUT2D eigenvalue weighted by Crippen LogP contribution is -2.46. The summed E-state index contributed by atoms with van der Waals surface area (Å²) >= 11 is 0. The van der Waals surface area contributed by atoms with Crippen LogP contribution in [0.1, 0.15) is 12.8 Å². The van der Waals surface area contributed by atoms with E-state index in [1.807, 2.05) is 19.0 Å². The average molecular weight is 243 g/mol. The number of rotatable bonds is 5. The Balaban J connectivity index is 2.57. The minimum absolute atomic E-state index is 0.0910. The molecule has 0 bridgehead atoms. The molecule has 6 nitrogen and oxygen atoms in total. The third-order valence-electron chi connectivity index (χ3n) is 2.80. The molecule has 1 aliphatic heterocycles. The standard InChI is InChI=1S/C11H21N3O3/c1-13(2)6-7-14-5-3-4-12-9(11(14)17)8-10(15)16/h9,12H,3-8H2,1-2H3,(H,15,16). The number of carboxylic acids is 1. The minimum atomic E-state index is -0.940. The summed E-state index contributed by atoms with van der Waals surface area (Å²) < 4.78 is 0. The van der Waals surface area contributed by atoms with Crippen LogP contribution in [0.15, 0.2) is 0 Å². The molecule has 1 atom stereocenters. The first-order valence-corrected chi connectivity index (χ1v) is 5.89. The molecule has 1 aliphatic rings. The molecule has 0 aliphatic carbocycles. The van der Waals surface area contributed by atoms with Gasteiger partial charge in [0.05, 0.1) is 12.5 Å². The van der Waals surface area contributed by atoms with Gasteiger partial charge in [0, 0.05) is 19.6 Å². The first-order chi connectivity index (χ1) is 8.00. The highest BCUT2D eigenvalue weighted by Crippen LogP contribution is 2.06. The number of carboxylic acid groups (broad SMARTS) is 1. The number of nitrogens with zero attached hydrogens (tertiary/aromatic N) is 2. The molecular formula is C11H21N3O3. The second kappa shape index (κ2) is 6.56. The van der Waals surface area contributed by atoms with E-state index in [1.165, 1.54) is 0 Å². The van der Waals surface area contributed by atoms with Gasteiger partial charge in [0.1, 0.15) is 0 Å². The summed E-state index contributed by atoms with van der Waals surface area (Å²) in [7, 11) is 3.91. The van der Waals surface area contributed by atoms with Crippen molar-refractivity contribution in [1.82, 2.24) is 15.1 Å². The molecule has 1 amide bonds. The Morgan fingerprint density at radius 3 is 2.88 bits per heavy atom. The number of nitrogens with one attached hydrogen (secondary N) is 1. The van der Waals surface area contributed by atoms with Gasteiger partial charge in [-0.2, -0.15) is 0 Å². The Bertz CT molecular complexity index is 281. The maximum Gasteiger partial charge on any atom is 0.305 e. The second-order valence-corrected chi connectivity index (χ2v) is 4.59. The van der Waals surface area contributed by atoms with Crippen LogP contribution in [-0.4, -0.2) is 73.1 Å². The van der Waals surface area contributed by atoms with Gasteiger partial charge in [-0.25, -0.2) is 0 Å². The number of carbonyl (C=O) groups excluding carboxylic acids is 1. The van der Waals surface area contributed by atoms with Crippen LogP contribution in [0.2, 0.25) is 0 Å². The van der Waals surface area contributed by atoms with Crippen LogP contribution < -0.4 is 5.32 Å². The Kier molecular flexibility index (Phi) is 5.37. The molecule has 1 fully saturated rings. The quantitative estimate of drug-likeness (QED) is 0.662. The molecule has 0 aromatic heterocycles. The second-order valence-electron chi connectivity index (χ2n) is 4.59. The lowest BCUT2D eigenvalue weighted by Gasteiger charge is -2.25. The van der Waals surface area contributed by atoms with Crippen LogP contribution >= 0.6 is 0 Å². The van der Waals surface area contributed by atoms with Crippen LogP contribution in [0.25, 0.3) is 0 Å². The van der Waals surface area contributed by atoms with Crippen molar-refractivity contribution in [2.45, 2.75) is 18.9 Å². The monoisotopic (exact) mass is 243 g/mol. The molecule has 0 aromatic rings. The van der Waals surface area contributed by atoms with E-state index in [0.29, 0.717) is 19.6 Å². The lowest BCUT2D eigenvalue weighted by molar-refractivity contribution is -0.142. The molecule has 17 heavy (non-hydrogen) atoms. The van der Waals surface area contributed by atoms with E-state index in [1.54, 1.807) is 4.90 Å². The van der Waals surface area contributed by atoms with Gasteiger partial charge in [-0.1, -0.05) is 0 Å². The van der Waals surface area contributed by atoms with E-state index in [0.717, 1.165) is 13.0 Å². The Hall–Kier alpha value is -1.14. The molecule has 1 saturated heterocycles. The molecule has 1 rings (SSSR count). The number of carbonyl (C=O) groups is 2. The fourth-order valence-corrected chi connectivity index (χ4v) is 1.84. The Morgan fingerprint density at radius 1 is 1.59 bits per heavy atom. The molecule has 6 heteroatoms. The molecule has 0 aromatic carbocycles. The summed E-state index contributed by atoms with van der Waals surface area (Å²) in [6, 6.07) is -0.572. The van der Waals surface area contributed by atoms with Gasteiger partial charge < -0.3 is 20.2 Å². The van der Waals surface area contributed by atoms with Gasteiger partial charge in [-0.05, 0) is 27.1 Å². The number of aliphatic carboxylic acids is 1. The minimum Gasteiger partial charge on any atom is -0.481 e. The predicted molar refractivity (Wildman–Crippen MR) is 63.8 cm³/mol.